The van der Waals surface area contributed by atoms with Crippen molar-refractivity contribution in [2.45, 2.75) is 26.2 Å². The lowest BCUT2D eigenvalue weighted by Crippen LogP contribution is -2.25. The molecule has 4 aromatic rings. The Kier molecular flexibility index (Phi) is 4.69. The molecule has 3 heterocycles. The standard InChI is InChI=1S/C22H22N6O2/c1-22(2,3)21-23-12-14(13-24-21)28-19(29)16-9-6-5-8-15(16)18(26-28)25-17-10-7-11-27(4)20(17)30/h5-13H,1-4H3,(H,25,26). The summed E-state index contributed by atoms with van der Waals surface area (Å²) in [5.74, 6) is 1.07. The Morgan fingerprint density at radius 3 is 2.23 bits per heavy atom. The molecule has 0 radical (unpaired) electrons. The molecule has 0 aliphatic carbocycles. The van der Waals surface area contributed by atoms with Crippen LogP contribution in [0.4, 0.5) is 11.5 Å². The summed E-state index contributed by atoms with van der Waals surface area (Å²) in [5.41, 5.74) is 0.119. The molecule has 0 atom stereocenters. The second kappa shape index (κ2) is 7.22. The first-order valence-corrected chi connectivity index (χ1v) is 9.53. The first kappa shape index (κ1) is 19.5. The molecule has 0 amide bonds. The number of aryl methyl sites for hydroxylation is 1. The molecule has 0 spiro atoms. The van der Waals surface area contributed by atoms with Gasteiger partial charge in [-0.15, -0.1) is 5.10 Å². The van der Waals surface area contributed by atoms with Gasteiger partial charge in [-0.05, 0) is 18.2 Å². The van der Waals surface area contributed by atoms with E-state index in [2.05, 4.69) is 20.4 Å². The van der Waals surface area contributed by atoms with Crippen LogP contribution in [0.2, 0.25) is 0 Å². The largest absolute Gasteiger partial charge is 0.334 e. The van der Waals surface area contributed by atoms with Crippen molar-refractivity contribution in [2.75, 3.05) is 5.32 Å². The lowest BCUT2D eigenvalue weighted by molar-refractivity contribution is 0.544. The highest BCUT2D eigenvalue weighted by Gasteiger charge is 2.18. The van der Waals surface area contributed by atoms with Crippen LogP contribution in [0, 0.1) is 0 Å². The molecule has 0 aliphatic heterocycles. The Bertz CT molecular complexity index is 1350. The van der Waals surface area contributed by atoms with Crippen LogP contribution in [-0.4, -0.2) is 24.3 Å². The predicted molar refractivity (Wildman–Crippen MR) is 117 cm³/mol. The quantitative estimate of drug-likeness (QED) is 0.566. The molecule has 30 heavy (non-hydrogen) atoms. The van der Waals surface area contributed by atoms with Crippen LogP contribution in [0.15, 0.2) is 64.6 Å². The third kappa shape index (κ3) is 3.47. The molecule has 0 bridgehead atoms. The van der Waals surface area contributed by atoms with E-state index in [-0.39, 0.29) is 16.5 Å². The summed E-state index contributed by atoms with van der Waals surface area (Å²) in [6, 6.07) is 10.6. The molecule has 8 heteroatoms. The molecule has 0 fully saturated rings. The smallest absolute Gasteiger partial charge is 0.279 e. The van der Waals surface area contributed by atoms with Gasteiger partial charge in [0.05, 0.1) is 17.8 Å². The van der Waals surface area contributed by atoms with Crippen LogP contribution in [0.5, 0.6) is 0 Å². The molecule has 0 saturated carbocycles. The van der Waals surface area contributed by atoms with E-state index < -0.39 is 0 Å². The fraction of sp³-hybridized carbons (Fsp3) is 0.227. The zero-order chi connectivity index (χ0) is 21.5. The molecule has 1 aromatic carbocycles. The normalized spacial score (nSPS) is 11.6. The van der Waals surface area contributed by atoms with Crippen molar-refractivity contribution in [1.82, 2.24) is 24.3 Å². The SMILES string of the molecule is Cn1cccc(Nc2nn(-c3cnc(C(C)(C)C)nc3)c(=O)c3ccccc23)c1=O. The van der Waals surface area contributed by atoms with Gasteiger partial charge in [0.1, 0.15) is 17.2 Å². The summed E-state index contributed by atoms with van der Waals surface area (Å²) < 4.78 is 2.73. The van der Waals surface area contributed by atoms with Crippen molar-refractivity contribution < 1.29 is 0 Å². The van der Waals surface area contributed by atoms with Crippen molar-refractivity contribution in [3.63, 3.8) is 0 Å². The topological polar surface area (TPSA) is 94.7 Å². The van der Waals surface area contributed by atoms with E-state index in [1.165, 1.54) is 9.25 Å². The third-order valence-electron chi connectivity index (χ3n) is 4.73. The fourth-order valence-corrected chi connectivity index (χ4v) is 3.09. The molecule has 0 saturated heterocycles. The summed E-state index contributed by atoms with van der Waals surface area (Å²) in [7, 11) is 1.67. The van der Waals surface area contributed by atoms with Crippen LogP contribution < -0.4 is 16.4 Å². The number of benzene rings is 1. The number of nitrogens with one attached hydrogen (secondary N) is 1. The minimum absolute atomic E-state index is 0.195. The maximum Gasteiger partial charge on any atom is 0.279 e. The highest BCUT2D eigenvalue weighted by Crippen LogP contribution is 2.22. The Hall–Kier alpha value is -3.81. The molecule has 152 valence electrons. The van der Waals surface area contributed by atoms with Crippen molar-refractivity contribution in [2.24, 2.45) is 7.05 Å². The maximum atomic E-state index is 13.1. The summed E-state index contributed by atoms with van der Waals surface area (Å²) >= 11 is 0. The van der Waals surface area contributed by atoms with E-state index in [1.54, 1.807) is 56.0 Å². The molecule has 0 unspecified atom stereocenters. The number of rotatable bonds is 3. The van der Waals surface area contributed by atoms with Crippen LogP contribution in [0.3, 0.4) is 0 Å². The van der Waals surface area contributed by atoms with E-state index in [9.17, 15) is 9.59 Å². The molecule has 1 N–H and O–H groups in total. The summed E-state index contributed by atoms with van der Waals surface area (Å²) in [4.78, 5) is 34.3. The van der Waals surface area contributed by atoms with E-state index in [1.807, 2.05) is 26.8 Å². The number of aromatic nitrogens is 5. The lowest BCUT2D eigenvalue weighted by atomic mass is 9.96. The van der Waals surface area contributed by atoms with Crippen molar-refractivity contribution in [3.8, 4) is 5.69 Å². The molecule has 0 aliphatic rings. The van der Waals surface area contributed by atoms with Crippen LogP contribution in [0.25, 0.3) is 16.5 Å². The Morgan fingerprint density at radius 1 is 0.900 bits per heavy atom. The van der Waals surface area contributed by atoms with Gasteiger partial charge >= 0.3 is 0 Å². The van der Waals surface area contributed by atoms with Crippen molar-refractivity contribution in [1.29, 1.82) is 0 Å². The average molecular weight is 402 g/mol. The monoisotopic (exact) mass is 402 g/mol. The van der Waals surface area contributed by atoms with E-state index in [0.717, 1.165) is 0 Å². The summed E-state index contributed by atoms with van der Waals surface area (Å²) in [6.45, 7) is 6.06. The highest BCUT2D eigenvalue weighted by molar-refractivity contribution is 5.92. The van der Waals surface area contributed by atoms with Gasteiger partial charge in [-0.2, -0.15) is 4.68 Å². The number of hydrogen-bond acceptors (Lipinski definition) is 6. The average Bonchev–Trinajstić information content (AvgIpc) is 2.73. The third-order valence-corrected chi connectivity index (χ3v) is 4.73. The van der Waals surface area contributed by atoms with Gasteiger partial charge in [0.25, 0.3) is 11.1 Å². The van der Waals surface area contributed by atoms with Gasteiger partial charge in [0.15, 0.2) is 5.82 Å². The minimum Gasteiger partial charge on any atom is -0.334 e. The Balaban J connectivity index is 1.90. The van der Waals surface area contributed by atoms with Crippen molar-refractivity contribution in [3.05, 3.63) is 81.5 Å². The molecule has 4 rings (SSSR count). The predicted octanol–water partition coefficient (Wildman–Crippen LogP) is 2.92. The van der Waals surface area contributed by atoms with Crippen molar-refractivity contribution >= 4 is 22.3 Å². The first-order valence-electron chi connectivity index (χ1n) is 9.53. The lowest BCUT2D eigenvalue weighted by Gasteiger charge is -2.16. The molecular formula is C22H22N6O2. The number of fused-ring (bicyclic) bond motifs is 1. The van der Waals surface area contributed by atoms with E-state index >= 15 is 0 Å². The van der Waals surface area contributed by atoms with E-state index in [4.69, 9.17) is 0 Å². The summed E-state index contributed by atoms with van der Waals surface area (Å²) in [6.07, 6.45) is 4.85. The van der Waals surface area contributed by atoms with Gasteiger partial charge in [0.2, 0.25) is 0 Å². The zero-order valence-corrected chi connectivity index (χ0v) is 17.2. The second-order valence-corrected chi connectivity index (χ2v) is 8.09. The number of nitrogens with zero attached hydrogens (tertiary/aromatic N) is 5. The Labute approximate surface area is 172 Å². The molecule has 8 nitrogen and oxygen atoms in total. The van der Waals surface area contributed by atoms with Crippen LogP contribution in [0.1, 0.15) is 26.6 Å². The second-order valence-electron chi connectivity index (χ2n) is 8.09. The van der Waals surface area contributed by atoms with Gasteiger partial charge in [0, 0.05) is 24.0 Å². The number of hydrogen-bond donors (Lipinski definition) is 1. The van der Waals surface area contributed by atoms with Gasteiger partial charge < -0.3 is 9.88 Å². The fourth-order valence-electron chi connectivity index (χ4n) is 3.09. The van der Waals surface area contributed by atoms with Gasteiger partial charge in [-0.1, -0.05) is 39.0 Å². The van der Waals surface area contributed by atoms with Gasteiger partial charge in [-0.3, -0.25) is 9.59 Å². The van der Waals surface area contributed by atoms with Gasteiger partial charge in [-0.25, -0.2) is 9.97 Å². The highest BCUT2D eigenvalue weighted by atomic mass is 16.1. The van der Waals surface area contributed by atoms with Crippen LogP contribution >= 0.6 is 0 Å². The molecule has 3 aromatic heterocycles. The van der Waals surface area contributed by atoms with E-state index in [0.29, 0.717) is 33.8 Å². The molecular weight excluding hydrogens is 380 g/mol. The first-order chi connectivity index (χ1) is 14.3. The number of anilines is 2. The van der Waals surface area contributed by atoms with Crippen LogP contribution in [-0.2, 0) is 12.5 Å². The zero-order valence-electron chi connectivity index (χ0n) is 17.2. The summed E-state index contributed by atoms with van der Waals surface area (Å²) in [5, 5.41) is 8.67. The minimum atomic E-state index is -0.288. The number of pyridine rings is 1. The maximum absolute atomic E-state index is 13.1. The Morgan fingerprint density at radius 2 is 1.57 bits per heavy atom.